The second kappa shape index (κ2) is 3.94. The molecule has 2 rings (SSSR count). The fourth-order valence-electron chi connectivity index (χ4n) is 1.25. The highest BCUT2D eigenvalue weighted by Crippen LogP contribution is 2.40. The number of hydrogen-bond acceptors (Lipinski definition) is 3. The molecule has 4 nitrogen and oxygen atoms in total. The molecular weight excluding hydrogens is 234 g/mol. The molecule has 0 fully saturated rings. The third-order valence-corrected chi connectivity index (χ3v) is 1.87. The van der Waals surface area contributed by atoms with Gasteiger partial charge in [-0.2, -0.15) is 0 Å². The number of alkyl halides is 2. The standard InChI is InChI=1S/C11H6F2O4/c12-11(13)16-8-5-4-7(6-9(8)17-11)2-1-3-10(14)15/h4-6H,3H2,(H,14,15). The van der Waals surface area contributed by atoms with Gasteiger partial charge in [0.05, 0.1) is 0 Å². The van der Waals surface area contributed by atoms with Gasteiger partial charge < -0.3 is 14.6 Å². The van der Waals surface area contributed by atoms with E-state index >= 15 is 0 Å². The number of carboxylic acid groups (broad SMARTS) is 1. The van der Waals surface area contributed by atoms with Crippen LogP contribution in [0.25, 0.3) is 0 Å². The molecule has 0 atom stereocenters. The minimum Gasteiger partial charge on any atom is -0.481 e. The fraction of sp³-hybridized carbons (Fsp3) is 0.182. The van der Waals surface area contributed by atoms with E-state index in [9.17, 15) is 13.6 Å². The Bertz CT molecular complexity index is 528. The van der Waals surface area contributed by atoms with Crippen molar-refractivity contribution in [3.63, 3.8) is 0 Å². The molecule has 0 saturated carbocycles. The van der Waals surface area contributed by atoms with Gasteiger partial charge >= 0.3 is 12.3 Å². The van der Waals surface area contributed by atoms with Crippen LogP contribution in [0.5, 0.6) is 11.5 Å². The lowest BCUT2D eigenvalue weighted by molar-refractivity contribution is -0.286. The molecule has 0 amide bonds. The van der Waals surface area contributed by atoms with Crippen LogP contribution >= 0.6 is 0 Å². The Balaban J connectivity index is 2.18. The van der Waals surface area contributed by atoms with Crippen LogP contribution in [-0.2, 0) is 4.79 Å². The first kappa shape index (κ1) is 11.2. The first-order valence-corrected chi connectivity index (χ1v) is 4.57. The Labute approximate surface area is 94.8 Å². The molecule has 1 aromatic carbocycles. The lowest BCUT2D eigenvalue weighted by Gasteiger charge is -2.04. The number of aliphatic carboxylic acids is 1. The number of rotatable bonds is 1. The topological polar surface area (TPSA) is 55.8 Å². The van der Waals surface area contributed by atoms with Crippen molar-refractivity contribution in [1.29, 1.82) is 0 Å². The van der Waals surface area contributed by atoms with Crippen molar-refractivity contribution in [2.45, 2.75) is 12.7 Å². The van der Waals surface area contributed by atoms with Crippen molar-refractivity contribution in [3.8, 4) is 23.3 Å². The van der Waals surface area contributed by atoms with Gasteiger partial charge in [0.1, 0.15) is 6.42 Å². The average molecular weight is 240 g/mol. The third kappa shape index (κ3) is 2.64. The summed E-state index contributed by atoms with van der Waals surface area (Å²) < 4.78 is 33.8. The van der Waals surface area contributed by atoms with Crippen LogP contribution < -0.4 is 9.47 Å². The molecule has 1 aromatic rings. The van der Waals surface area contributed by atoms with Gasteiger partial charge in [0.25, 0.3) is 0 Å². The number of hydrogen-bond donors (Lipinski definition) is 1. The maximum atomic E-state index is 12.7. The quantitative estimate of drug-likeness (QED) is 0.761. The van der Waals surface area contributed by atoms with Gasteiger partial charge in [0, 0.05) is 11.6 Å². The lowest BCUT2D eigenvalue weighted by Crippen LogP contribution is -2.25. The molecule has 1 aliphatic heterocycles. The molecule has 1 aliphatic rings. The smallest absolute Gasteiger partial charge is 0.481 e. The number of ether oxygens (including phenoxy) is 2. The summed E-state index contributed by atoms with van der Waals surface area (Å²) in [6.07, 6.45) is -3.97. The average Bonchev–Trinajstić information content (AvgIpc) is 2.50. The molecule has 1 N–H and O–H groups in total. The molecule has 0 aliphatic carbocycles. The predicted molar refractivity (Wildman–Crippen MR) is 51.8 cm³/mol. The van der Waals surface area contributed by atoms with Crippen LogP contribution in [0.1, 0.15) is 12.0 Å². The molecule has 0 spiro atoms. The van der Waals surface area contributed by atoms with Gasteiger partial charge in [-0.25, -0.2) is 0 Å². The highest BCUT2D eigenvalue weighted by molar-refractivity contribution is 5.70. The lowest BCUT2D eigenvalue weighted by atomic mass is 10.2. The zero-order valence-corrected chi connectivity index (χ0v) is 8.37. The number of carbonyl (C=O) groups is 1. The van der Waals surface area contributed by atoms with Crippen LogP contribution in [0.3, 0.4) is 0 Å². The molecule has 0 unspecified atom stereocenters. The Kier molecular flexibility index (Phi) is 2.60. The molecule has 0 bridgehead atoms. The summed E-state index contributed by atoms with van der Waals surface area (Å²) in [6, 6.07) is 4.00. The van der Waals surface area contributed by atoms with E-state index in [2.05, 4.69) is 21.3 Å². The first-order valence-electron chi connectivity index (χ1n) is 4.57. The Hall–Kier alpha value is -2.29. The Morgan fingerprint density at radius 3 is 2.76 bits per heavy atom. The van der Waals surface area contributed by atoms with E-state index in [0.29, 0.717) is 5.56 Å². The van der Waals surface area contributed by atoms with E-state index in [0.717, 1.165) is 0 Å². The maximum Gasteiger partial charge on any atom is 0.586 e. The van der Waals surface area contributed by atoms with E-state index in [1.807, 2.05) is 0 Å². The number of halogens is 2. The van der Waals surface area contributed by atoms with Crippen LogP contribution in [0, 0.1) is 11.8 Å². The van der Waals surface area contributed by atoms with Crippen LogP contribution in [-0.4, -0.2) is 17.4 Å². The predicted octanol–water partition coefficient (Wildman–Crippen LogP) is 1.83. The Morgan fingerprint density at radius 1 is 1.35 bits per heavy atom. The summed E-state index contributed by atoms with van der Waals surface area (Å²) >= 11 is 0. The molecular formula is C11H6F2O4. The van der Waals surface area contributed by atoms with Crippen molar-refractivity contribution in [2.24, 2.45) is 0 Å². The van der Waals surface area contributed by atoms with Crippen LogP contribution in [0.4, 0.5) is 8.78 Å². The molecule has 0 saturated heterocycles. The third-order valence-electron chi connectivity index (χ3n) is 1.87. The molecule has 1 heterocycles. The largest absolute Gasteiger partial charge is 0.586 e. The Morgan fingerprint density at radius 2 is 2.06 bits per heavy atom. The van der Waals surface area contributed by atoms with E-state index in [4.69, 9.17) is 5.11 Å². The van der Waals surface area contributed by atoms with Crippen molar-refractivity contribution in [2.75, 3.05) is 0 Å². The van der Waals surface area contributed by atoms with Gasteiger partial charge in [-0.1, -0.05) is 11.8 Å². The van der Waals surface area contributed by atoms with Gasteiger partial charge in [0.15, 0.2) is 11.5 Å². The van der Waals surface area contributed by atoms with E-state index in [1.54, 1.807) is 0 Å². The zero-order valence-electron chi connectivity index (χ0n) is 8.37. The summed E-state index contributed by atoms with van der Waals surface area (Å²) in [6.45, 7) is 0. The van der Waals surface area contributed by atoms with Crippen LogP contribution in [0.15, 0.2) is 18.2 Å². The maximum absolute atomic E-state index is 12.7. The van der Waals surface area contributed by atoms with Crippen LogP contribution in [0.2, 0.25) is 0 Å². The second-order valence-electron chi connectivity index (χ2n) is 3.20. The van der Waals surface area contributed by atoms with E-state index in [1.165, 1.54) is 18.2 Å². The molecule has 88 valence electrons. The van der Waals surface area contributed by atoms with Crippen molar-refractivity contribution in [1.82, 2.24) is 0 Å². The fourth-order valence-corrected chi connectivity index (χ4v) is 1.25. The number of carboxylic acids is 1. The van der Waals surface area contributed by atoms with E-state index < -0.39 is 12.3 Å². The minimum absolute atomic E-state index is 0.0706. The molecule has 6 heteroatoms. The normalized spacial score (nSPS) is 14.9. The highest BCUT2D eigenvalue weighted by Gasteiger charge is 2.43. The summed E-state index contributed by atoms with van der Waals surface area (Å²) in [5.41, 5.74) is 0.381. The summed E-state index contributed by atoms with van der Waals surface area (Å²) in [5, 5.41) is 8.37. The van der Waals surface area contributed by atoms with Crippen molar-refractivity contribution >= 4 is 5.97 Å². The van der Waals surface area contributed by atoms with E-state index in [-0.39, 0.29) is 17.9 Å². The number of fused-ring (bicyclic) bond motifs is 1. The summed E-state index contributed by atoms with van der Waals surface area (Å²) in [7, 11) is 0. The number of benzene rings is 1. The monoisotopic (exact) mass is 240 g/mol. The highest BCUT2D eigenvalue weighted by atomic mass is 19.3. The van der Waals surface area contributed by atoms with Crippen molar-refractivity contribution in [3.05, 3.63) is 23.8 Å². The van der Waals surface area contributed by atoms with Gasteiger partial charge in [0.2, 0.25) is 0 Å². The summed E-state index contributed by atoms with van der Waals surface area (Å²) in [4.78, 5) is 10.2. The second-order valence-corrected chi connectivity index (χ2v) is 3.20. The minimum atomic E-state index is -3.66. The molecule has 0 aromatic heterocycles. The van der Waals surface area contributed by atoms with Gasteiger partial charge in [-0.3, -0.25) is 4.79 Å². The van der Waals surface area contributed by atoms with Gasteiger partial charge in [-0.05, 0) is 12.1 Å². The summed E-state index contributed by atoms with van der Waals surface area (Å²) in [5.74, 6) is 3.67. The zero-order chi connectivity index (χ0) is 12.5. The van der Waals surface area contributed by atoms with Crippen molar-refractivity contribution < 1.29 is 28.2 Å². The molecule has 0 radical (unpaired) electrons. The molecule has 17 heavy (non-hydrogen) atoms. The SMILES string of the molecule is O=C(O)CC#Cc1ccc2c(c1)OC(F)(F)O2. The van der Waals surface area contributed by atoms with Gasteiger partial charge in [-0.15, -0.1) is 8.78 Å². The first-order chi connectivity index (χ1) is 7.96.